The van der Waals surface area contributed by atoms with Crippen LogP contribution in [0.1, 0.15) is 41.5 Å². The number of nitrogens with zero attached hydrogens (tertiary/aromatic N) is 2. The Bertz CT molecular complexity index is 1650. The second kappa shape index (κ2) is 14.6. The highest BCUT2D eigenvalue weighted by Crippen LogP contribution is 2.23. The molecule has 0 bridgehead atoms. The van der Waals surface area contributed by atoms with E-state index in [1.807, 2.05) is 54.6 Å². The van der Waals surface area contributed by atoms with Gasteiger partial charge in [-0.25, -0.2) is 13.1 Å². The molecular formula is C34H35ClN4O4S. The molecule has 3 aromatic carbocycles. The van der Waals surface area contributed by atoms with Crippen molar-refractivity contribution in [3.8, 4) is 0 Å². The molecule has 1 saturated carbocycles. The quantitative estimate of drug-likeness (QED) is 0.202. The van der Waals surface area contributed by atoms with Crippen molar-refractivity contribution in [3.63, 3.8) is 0 Å². The van der Waals surface area contributed by atoms with Crippen molar-refractivity contribution in [3.05, 3.63) is 131 Å². The molecule has 5 rings (SSSR count). The molecule has 2 amide bonds. The highest BCUT2D eigenvalue weighted by molar-refractivity contribution is 7.89. The number of carbonyl (C=O) groups is 2. The summed E-state index contributed by atoms with van der Waals surface area (Å²) in [5.41, 5.74) is 3.46. The lowest BCUT2D eigenvalue weighted by Gasteiger charge is -2.32. The van der Waals surface area contributed by atoms with Gasteiger partial charge in [-0.15, -0.1) is 0 Å². The fraction of sp³-hybridized carbons (Fsp3) is 0.265. The Morgan fingerprint density at radius 2 is 1.55 bits per heavy atom. The number of aromatic nitrogens is 1. The SMILES string of the molecule is O=C(NCc1cccnc1)[C@@H](Cc1ccccc1)N(Cc1ccc(Cl)cc1)C(=O)CCc1ccc(S(=O)(=O)NC2CC2)cc1. The topological polar surface area (TPSA) is 108 Å². The number of hydrogen-bond acceptors (Lipinski definition) is 5. The largest absolute Gasteiger partial charge is 0.350 e. The predicted octanol–water partition coefficient (Wildman–Crippen LogP) is 5.06. The van der Waals surface area contributed by atoms with Crippen LogP contribution in [0.4, 0.5) is 0 Å². The fourth-order valence-corrected chi connectivity index (χ4v) is 6.30. The number of hydrogen-bond donors (Lipinski definition) is 2. The zero-order valence-electron chi connectivity index (χ0n) is 24.2. The molecule has 0 spiro atoms. The third kappa shape index (κ3) is 8.98. The third-order valence-electron chi connectivity index (χ3n) is 7.49. The second-order valence-corrected chi connectivity index (χ2v) is 13.1. The number of halogens is 1. The van der Waals surface area contributed by atoms with Crippen molar-refractivity contribution < 1.29 is 18.0 Å². The van der Waals surface area contributed by atoms with Gasteiger partial charge in [-0.3, -0.25) is 14.6 Å². The molecule has 1 aromatic heterocycles. The maximum absolute atomic E-state index is 14.0. The van der Waals surface area contributed by atoms with Gasteiger partial charge in [-0.1, -0.05) is 72.3 Å². The van der Waals surface area contributed by atoms with Crippen molar-refractivity contribution in [2.75, 3.05) is 0 Å². The zero-order valence-corrected chi connectivity index (χ0v) is 25.8. The molecule has 2 N–H and O–H groups in total. The van der Waals surface area contributed by atoms with Crippen LogP contribution in [-0.2, 0) is 45.5 Å². The van der Waals surface area contributed by atoms with E-state index in [9.17, 15) is 18.0 Å². The van der Waals surface area contributed by atoms with Gasteiger partial charge in [0.2, 0.25) is 21.8 Å². The van der Waals surface area contributed by atoms with Gasteiger partial charge in [0.25, 0.3) is 0 Å². The average Bonchev–Trinajstić information content (AvgIpc) is 3.86. The van der Waals surface area contributed by atoms with Crippen LogP contribution in [0.3, 0.4) is 0 Å². The van der Waals surface area contributed by atoms with Gasteiger partial charge >= 0.3 is 0 Å². The lowest BCUT2D eigenvalue weighted by molar-refractivity contribution is -0.141. The molecule has 1 aliphatic carbocycles. The lowest BCUT2D eigenvalue weighted by Crippen LogP contribution is -2.50. The number of aryl methyl sites for hydroxylation is 1. The summed E-state index contributed by atoms with van der Waals surface area (Å²) >= 11 is 6.12. The van der Waals surface area contributed by atoms with Gasteiger partial charge in [0, 0.05) is 49.4 Å². The van der Waals surface area contributed by atoms with Crippen LogP contribution in [-0.4, -0.2) is 42.2 Å². The summed E-state index contributed by atoms with van der Waals surface area (Å²) in [7, 11) is -3.56. The molecule has 0 aliphatic heterocycles. The summed E-state index contributed by atoms with van der Waals surface area (Å²) in [6, 6.07) is 26.4. The van der Waals surface area contributed by atoms with Crippen LogP contribution >= 0.6 is 11.6 Å². The fourth-order valence-electron chi connectivity index (χ4n) is 4.87. The van der Waals surface area contributed by atoms with Crippen molar-refractivity contribution in [2.45, 2.75) is 62.2 Å². The van der Waals surface area contributed by atoms with Gasteiger partial charge in [-0.05, 0) is 71.8 Å². The van der Waals surface area contributed by atoms with Crippen molar-refractivity contribution in [1.29, 1.82) is 0 Å². The lowest BCUT2D eigenvalue weighted by atomic mass is 10.0. The Morgan fingerprint density at radius 1 is 0.864 bits per heavy atom. The Labute approximate surface area is 263 Å². The van der Waals surface area contributed by atoms with E-state index < -0.39 is 16.1 Å². The summed E-state index contributed by atoms with van der Waals surface area (Å²) in [4.78, 5) is 33.7. The smallest absolute Gasteiger partial charge is 0.243 e. The molecule has 8 nitrogen and oxygen atoms in total. The minimum atomic E-state index is -3.56. The molecule has 1 atom stereocenters. The van der Waals surface area contributed by atoms with E-state index in [1.54, 1.807) is 53.7 Å². The van der Waals surface area contributed by atoms with Crippen LogP contribution in [0.15, 0.2) is 108 Å². The average molecular weight is 631 g/mol. The summed E-state index contributed by atoms with van der Waals surface area (Å²) in [5.74, 6) is -0.456. The van der Waals surface area contributed by atoms with Crippen molar-refractivity contribution in [2.24, 2.45) is 0 Å². The summed E-state index contributed by atoms with van der Waals surface area (Å²) in [5, 5.41) is 3.59. The minimum absolute atomic E-state index is 0.0225. The maximum Gasteiger partial charge on any atom is 0.243 e. The highest BCUT2D eigenvalue weighted by atomic mass is 35.5. The molecule has 0 radical (unpaired) electrons. The van der Waals surface area contributed by atoms with Crippen molar-refractivity contribution >= 4 is 33.4 Å². The first kappa shape index (κ1) is 31.4. The summed E-state index contributed by atoms with van der Waals surface area (Å²) < 4.78 is 27.8. The normalized spacial score (nSPS) is 13.7. The Morgan fingerprint density at radius 3 is 2.20 bits per heavy atom. The Kier molecular flexibility index (Phi) is 10.4. The number of nitrogens with one attached hydrogen (secondary N) is 2. The Balaban J connectivity index is 1.36. The predicted molar refractivity (Wildman–Crippen MR) is 170 cm³/mol. The third-order valence-corrected chi connectivity index (χ3v) is 9.28. The monoisotopic (exact) mass is 630 g/mol. The molecule has 44 heavy (non-hydrogen) atoms. The number of benzene rings is 3. The van der Waals surface area contributed by atoms with Crippen LogP contribution < -0.4 is 10.0 Å². The summed E-state index contributed by atoms with van der Waals surface area (Å²) in [6.07, 6.45) is 5.95. The van der Waals surface area contributed by atoms with E-state index in [0.29, 0.717) is 17.9 Å². The van der Waals surface area contributed by atoms with E-state index in [1.165, 1.54) is 0 Å². The number of sulfonamides is 1. The van der Waals surface area contributed by atoms with Crippen LogP contribution in [0, 0.1) is 0 Å². The van der Waals surface area contributed by atoms with E-state index >= 15 is 0 Å². The number of pyridine rings is 1. The first-order valence-corrected chi connectivity index (χ1v) is 16.5. The molecule has 228 valence electrons. The molecule has 4 aromatic rings. The molecule has 10 heteroatoms. The molecular weight excluding hydrogens is 596 g/mol. The first-order valence-electron chi connectivity index (χ1n) is 14.6. The number of rotatable bonds is 14. The first-order chi connectivity index (χ1) is 21.3. The van der Waals surface area contributed by atoms with Gasteiger partial charge < -0.3 is 10.2 Å². The molecule has 0 saturated heterocycles. The minimum Gasteiger partial charge on any atom is -0.350 e. The van der Waals surface area contributed by atoms with E-state index in [4.69, 9.17) is 11.6 Å². The van der Waals surface area contributed by atoms with E-state index in [-0.39, 0.29) is 42.3 Å². The number of amides is 2. The number of carbonyl (C=O) groups excluding carboxylic acids is 2. The standard InChI is InChI=1S/C34H35ClN4O4S/c35-29-13-8-27(9-14-29)24-39(33(40)19-12-25-10-17-31(18-11-25)44(42,43)38-30-15-16-30)32(21-26-5-2-1-3-6-26)34(41)37-23-28-7-4-20-36-22-28/h1-11,13-14,17-18,20,22,30,32,38H,12,15-16,19,21,23-24H2,(H,37,41)/t32-/m1/s1. The van der Waals surface area contributed by atoms with Gasteiger partial charge in [0.05, 0.1) is 4.90 Å². The molecule has 1 fully saturated rings. The van der Waals surface area contributed by atoms with Crippen LogP contribution in [0.2, 0.25) is 5.02 Å². The van der Waals surface area contributed by atoms with Gasteiger partial charge in [-0.2, -0.15) is 0 Å². The molecule has 1 aliphatic rings. The second-order valence-electron chi connectivity index (χ2n) is 11.0. The van der Waals surface area contributed by atoms with Crippen molar-refractivity contribution in [1.82, 2.24) is 19.9 Å². The highest BCUT2D eigenvalue weighted by Gasteiger charge is 2.31. The van der Waals surface area contributed by atoms with Gasteiger partial charge in [0.15, 0.2) is 0 Å². The van der Waals surface area contributed by atoms with E-state index in [0.717, 1.165) is 35.1 Å². The zero-order chi connectivity index (χ0) is 30.9. The molecule has 1 heterocycles. The summed E-state index contributed by atoms with van der Waals surface area (Å²) in [6.45, 7) is 0.504. The Hall–Kier alpha value is -4.05. The molecule has 0 unspecified atom stereocenters. The maximum atomic E-state index is 14.0. The van der Waals surface area contributed by atoms with Crippen LogP contribution in [0.25, 0.3) is 0 Å². The van der Waals surface area contributed by atoms with Crippen LogP contribution in [0.5, 0.6) is 0 Å². The van der Waals surface area contributed by atoms with E-state index in [2.05, 4.69) is 15.0 Å². The van der Waals surface area contributed by atoms with Gasteiger partial charge in [0.1, 0.15) is 6.04 Å².